The molecule has 5 heteroatoms. The highest BCUT2D eigenvalue weighted by Crippen LogP contribution is 2.16. The van der Waals surface area contributed by atoms with Crippen molar-refractivity contribution in [2.24, 2.45) is 0 Å². The van der Waals surface area contributed by atoms with Crippen LogP contribution in [0.3, 0.4) is 0 Å². The highest BCUT2D eigenvalue weighted by molar-refractivity contribution is 5.89. The van der Waals surface area contributed by atoms with Crippen molar-refractivity contribution < 1.29 is 24.1 Å². The highest BCUT2D eigenvalue weighted by atomic mass is 19.1. The molecule has 0 aliphatic carbocycles. The van der Waals surface area contributed by atoms with E-state index >= 15 is 0 Å². The van der Waals surface area contributed by atoms with Crippen molar-refractivity contribution in [2.45, 2.75) is 0 Å². The Kier molecular flexibility index (Phi) is 3.41. The minimum Gasteiger partial charge on any atom is -0.505 e. The lowest BCUT2D eigenvalue weighted by Crippen LogP contribution is -2.08. The van der Waals surface area contributed by atoms with Gasteiger partial charge in [0.1, 0.15) is 6.61 Å². The predicted molar refractivity (Wildman–Crippen MR) is 45.4 cm³/mol. The number of hydrogen-bond acceptors (Lipinski definition) is 4. The number of carbonyl (C=O) groups excluding carboxylic acids is 1. The molecule has 0 fully saturated rings. The molecule has 14 heavy (non-hydrogen) atoms. The lowest BCUT2D eigenvalue weighted by molar-refractivity contribution is 0.0433. The Hall–Kier alpha value is -1.62. The molecule has 1 aromatic rings. The molecule has 0 atom stereocenters. The molecule has 0 spiro atoms. The number of carbonyl (C=O) groups is 1. The zero-order valence-electron chi connectivity index (χ0n) is 7.24. The van der Waals surface area contributed by atoms with Crippen LogP contribution in [0.25, 0.3) is 0 Å². The van der Waals surface area contributed by atoms with Gasteiger partial charge in [0, 0.05) is 0 Å². The van der Waals surface area contributed by atoms with E-state index in [9.17, 15) is 9.18 Å². The van der Waals surface area contributed by atoms with E-state index in [1.54, 1.807) is 0 Å². The molecule has 76 valence electrons. The Morgan fingerprint density at radius 2 is 2.21 bits per heavy atom. The van der Waals surface area contributed by atoms with Gasteiger partial charge in [0.25, 0.3) is 0 Å². The Labute approximate surface area is 79.6 Å². The number of halogens is 1. The maximum absolute atomic E-state index is 12.8. The lowest BCUT2D eigenvalue weighted by Gasteiger charge is -2.02. The zero-order valence-corrected chi connectivity index (χ0v) is 7.24. The molecular weight excluding hydrogens is 191 g/mol. The van der Waals surface area contributed by atoms with Gasteiger partial charge >= 0.3 is 5.97 Å². The van der Waals surface area contributed by atoms with Crippen molar-refractivity contribution in [1.82, 2.24) is 0 Å². The number of aliphatic hydroxyl groups is 1. The van der Waals surface area contributed by atoms with E-state index in [0.29, 0.717) is 0 Å². The molecule has 4 nitrogen and oxygen atoms in total. The van der Waals surface area contributed by atoms with Crippen LogP contribution in [-0.4, -0.2) is 29.4 Å². The van der Waals surface area contributed by atoms with Gasteiger partial charge in [0.2, 0.25) is 0 Å². The van der Waals surface area contributed by atoms with E-state index in [2.05, 4.69) is 4.74 Å². The van der Waals surface area contributed by atoms with Crippen LogP contribution in [0.15, 0.2) is 18.2 Å². The molecule has 0 amide bonds. The topological polar surface area (TPSA) is 66.8 Å². The number of rotatable bonds is 3. The molecule has 0 radical (unpaired) electrons. The van der Waals surface area contributed by atoms with Crippen molar-refractivity contribution in [3.8, 4) is 5.75 Å². The van der Waals surface area contributed by atoms with E-state index in [-0.39, 0.29) is 18.8 Å². The second-order valence-electron chi connectivity index (χ2n) is 2.53. The molecule has 0 saturated heterocycles. The standard InChI is InChI=1S/C9H9FO4/c10-7-5-6(1-2-8(7)12)9(13)14-4-3-11/h1-2,5,11-12H,3-4H2. The first kappa shape index (κ1) is 10.5. The minimum absolute atomic E-state index is 0.00579. The molecule has 1 rings (SSSR count). The van der Waals surface area contributed by atoms with E-state index in [1.165, 1.54) is 6.07 Å². The molecule has 0 saturated carbocycles. The Morgan fingerprint density at radius 1 is 1.50 bits per heavy atom. The summed E-state index contributed by atoms with van der Waals surface area (Å²) in [6.07, 6.45) is 0. The maximum atomic E-state index is 12.8. The Balaban J connectivity index is 2.76. The van der Waals surface area contributed by atoms with E-state index in [4.69, 9.17) is 10.2 Å². The summed E-state index contributed by atoms with van der Waals surface area (Å²) in [5, 5.41) is 17.2. The van der Waals surface area contributed by atoms with E-state index in [0.717, 1.165) is 12.1 Å². The molecule has 1 aromatic carbocycles. The molecule has 0 aromatic heterocycles. The van der Waals surface area contributed by atoms with Crippen LogP contribution in [0.5, 0.6) is 5.75 Å². The van der Waals surface area contributed by atoms with Gasteiger partial charge in [-0.05, 0) is 18.2 Å². The Morgan fingerprint density at radius 3 is 2.79 bits per heavy atom. The average molecular weight is 200 g/mol. The van der Waals surface area contributed by atoms with Crippen molar-refractivity contribution in [3.63, 3.8) is 0 Å². The summed E-state index contributed by atoms with van der Waals surface area (Å²) in [6.45, 7) is -0.423. The van der Waals surface area contributed by atoms with Crippen molar-refractivity contribution >= 4 is 5.97 Å². The average Bonchev–Trinajstić information content (AvgIpc) is 2.18. The third-order valence-electron chi connectivity index (χ3n) is 1.51. The first-order valence-corrected chi connectivity index (χ1v) is 3.91. The third-order valence-corrected chi connectivity index (χ3v) is 1.51. The van der Waals surface area contributed by atoms with Crippen LogP contribution in [0.1, 0.15) is 10.4 Å². The molecule has 0 heterocycles. The van der Waals surface area contributed by atoms with Crippen molar-refractivity contribution in [1.29, 1.82) is 0 Å². The minimum atomic E-state index is -0.886. The van der Waals surface area contributed by atoms with E-state index < -0.39 is 17.5 Å². The van der Waals surface area contributed by atoms with Crippen molar-refractivity contribution in [3.05, 3.63) is 29.6 Å². The second-order valence-corrected chi connectivity index (χ2v) is 2.53. The number of aromatic hydroxyl groups is 1. The summed E-state index contributed by atoms with van der Waals surface area (Å²) < 4.78 is 17.3. The SMILES string of the molecule is O=C(OCCO)c1ccc(O)c(F)c1. The number of aliphatic hydroxyl groups excluding tert-OH is 1. The van der Waals surface area contributed by atoms with Gasteiger partial charge in [-0.2, -0.15) is 0 Å². The molecule has 2 N–H and O–H groups in total. The number of hydrogen-bond donors (Lipinski definition) is 2. The summed E-state index contributed by atoms with van der Waals surface area (Å²) in [6, 6.07) is 3.16. The summed E-state index contributed by atoms with van der Waals surface area (Å²) >= 11 is 0. The molecule has 0 aliphatic heterocycles. The van der Waals surface area contributed by atoms with Gasteiger partial charge in [0.05, 0.1) is 12.2 Å². The third kappa shape index (κ3) is 2.43. The van der Waals surface area contributed by atoms with Crippen LogP contribution in [0.4, 0.5) is 4.39 Å². The maximum Gasteiger partial charge on any atom is 0.338 e. The quantitative estimate of drug-likeness (QED) is 0.704. The fourth-order valence-corrected chi connectivity index (χ4v) is 0.856. The largest absolute Gasteiger partial charge is 0.505 e. The Bertz CT molecular complexity index is 338. The lowest BCUT2D eigenvalue weighted by atomic mass is 10.2. The van der Waals surface area contributed by atoms with Gasteiger partial charge < -0.3 is 14.9 Å². The monoisotopic (exact) mass is 200 g/mol. The van der Waals surface area contributed by atoms with Crippen LogP contribution in [0, 0.1) is 5.82 Å². The fourth-order valence-electron chi connectivity index (χ4n) is 0.856. The van der Waals surface area contributed by atoms with E-state index in [1.807, 2.05) is 0 Å². The van der Waals surface area contributed by atoms with Gasteiger partial charge in [-0.3, -0.25) is 0 Å². The smallest absolute Gasteiger partial charge is 0.338 e. The van der Waals surface area contributed by atoms with Gasteiger partial charge in [0.15, 0.2) is 11.6 Å². The molecule has 0 aliphatic rings. The zero-order chi connectivity index (χ0) is 10.6. The number of phenolic OH excluding ortho intramolecular Hbond substituents is 1. The normalized spacial score (nSPS) is 9.86. The summed E-state index contributed by atoms with van der Waals surface area (Å²) in [4.78, 5) is 11.1. The van der Waals surface area contributed by atoms with Crippen LogP contribution >= 0.6 is 0 Å². The first-order valence-electron chi connectivity index (χ1n) is 3.91. The fraction of sp³-hybridized carbons (Fsp3) is 0.222. The first-order chi connectivity index (χ1) is 6.65. The number of phenols is 1. The summed E-state index contributed by atoms with van der Waals surface area (Å²) in [5.74, 6) is -2.15. The van der Waals surface area contributed by atoms with Gasteiger partial charge in [-0.25, -0.2) is 9.18 Å². The number of ether oxygens (including phenoxy) is 1. The van der Waals surface area contributed by atoms with Gasteiger partial charge in [-0.15, -0.1) is 0 Å². The molecule has 0 bridgehead atoms. The molecule has 0 unspecified atom stereocenters. The number of esters is 1. The van der Waals surface area contributed by atoms with Crippen LogP contribution in [-0.2, 0) is 4.74 Å². The van der Waals surface area contributed by atoms with Crippen LogP contribution in [0.2, 0.25) is 0 Å². The van der Waals surface area contributed by atoms with Crippen molar-refractivity contribution in [2.75, 3.05) is 13.2 Å². The summed E-state index contributed by atoms with van der Waals surface area (Å²) in [7, 11) is 0. The second kappa shape index (κ2) is 4.57. The number of benzene rings is 1. The molecular formula is C9H9FO4. The highest BCUT2D eigenvalue weighted by Gasteiger charge is 2.09. The summed E-state index contributed by atoms with van der Waals surface area (Å²) in [5.41, 5.74) is -0.00579. The predicted octanol–water partition coefficient (Wildman–Crippen LogP) is 0.680. The van der Waals surface area contributed by atoms with Crippen LogP contribution < -0.4 is 0 Å². The van der Waals surface area contributed by atoms with Gasteiger partial charge in [-0.1, -0.05) is 0 Å².